The second-order valence-corrected chi connectivity index (χ2v) is 7.27. The van der Waals surface area contributed by atoms with Gasteiger partial charge in [0.25, 0.3) is 5.91 Å². The van der Waals surface area contributed by atoms with Gasteiger partial charge in [0.2, 0.25) is 0 Å². The molecule has 3 rings (SSSR count). The van der Waals surface area contributed by atoms with Gasteiger partial charge in [-0.1, -0.05) is 25.2 Å². The molecule has 3 N–H and O–H groups in total. The van der Waals surface area contributed by atoms with Crippen LogP contribution in [-0.4, -0.2) is 23.7 Å². The van der Waals surface area contributed by atoms with Gasteiger partial charge in [0.15, 0.2) is 5.13 Å². The van der Waals surface area contributed by atoms with E-state index >= 15 is 0 Å². The number of rotatable bonds is 6. The summed E-state index contributed by atoms with van der Waals surface area (Å²) in [6, 6.07) is 12.8. The molecular weight excluding hydrogens is 348 g/mol. The molecule has 0 unspecified atom stereocenters. The number of benzene rings is 2. The van der Waals surface area contributed by atoms with E-state index in [1.54, 1.807) is 24.4 Å². The fourth-order valence-electron chi connectivity index (χ4n) is 2.23. The van der Waals surface area contributed by atoms with Crippen molar-refractivity contribution in [3.8, 4) is 5.75 Å². The third-order valence-corrected chi connectivity index (χ3v) is 4.36. The first kappa shape index (κ1) is 17.9. The van der Waals surface area contributed by atoms with Crippen LogP contribution in [0.3, 0.4) is 0 Å². The van der Waals surface area contributed by atoms with Gasteiger partial charge in [-0.15, -0.1) is 0 Å². The van der Waals surface area contributed by atoms with Crippen molar-refractivity contribution < 1.29 is 9.53 Å². The van der Waals surface area contributed by atoms with E-state index in [4.69, 9.17) is 10.5 Å². The number of nitrogens with zero attached hydrogens (tertiary/aromatic N) is 2. The topological polar surface area (TPSA) is 89.6 Å². The highest BCUT2D eigenvalue weighted by atomic mass is 32.1. The minimum atomic E-state index is -0.285. The quantitative estimate of drug-likeness (QED) is 0.513. The number of nitrogen functional groups attached to an aromatic ring is 1. The van der Waals surface area contributed by atoms with Gasteiger partial charge in [-0.25, -0.2) is 10.4 Å². The molecule has 3 aromatic rings. The summed E-state index contributed by atoms with van der Waals surface area (Å²) in [5.74, 6) is 1.01. The molecule has 0 saturated heterocycles. The largest absolute Gasteiger partial charge is 0.493 e. The first-order valence-electron chi connectivity index (χ1n) is 8.23. The number of hydrogen-bond acceptors (Lipinski definition) is 6. The van der Waals surface area contributed by atoms with Gasteiger partial charge in [-0.3, -0.25) is 4.79 Å². The molecule has 7 heteroatoms. The Morgan fingerprint density at radius 2 is 2.08 bits per heavy atom. The number of carbonyl (C=O) groups is 1. The summed E-state index contributed by atoms with van der Waals surface area (Å²) in [4.78, 5) is 16.4. The summed E-state index contributed by atoms with van der Waals surface area (Å²) in [7, 11) is 0. The number of amides is 1. The molecule has 0 saturated carbocycles. The molecule has 0 fully saturated rings. The summed E-state index contributed by atoms with van der Waals surface area (Å²) in [5.41, 5.74) is 10.4. The molecule has 0 aliphatic carbocycles. The van der Waals surface area contributed by atoms with Gasteiger partial charge < -0.3 is 10.5 Å². The highest BCUT2D eigenvalue weighted by Crippen LogP contribution is 2.24. The Morgan fingerprint density at radius 1 is 1.31 bits per heavy atom. The van der Waals surface area contributed by atoms with Crippen LogP contribution in [0.25, 0.3) is 10.2 Å². The van der Waals surface area contributed by atoms with Gasteiger partial charge in [0.05, 0.1) is 23.0 Å². The van der Waals surface area contributed by atoms with Gasteiger partial charge in [-0.05, 0) is 53.9 Å². The van der Waals surface area contributed by atoms with Crippen molar-refractivity contribution in [2.45, 2.75) is 13.8 Å². The molecule has 1 amide bonds. The molecular formula is C19H20N4O2S. The Kier molecular flexibility index (Phi) is 5.48. The highest BCUT2D eigenvalue weighted by Gasteiger charge is 2.08. The van der Waals surface area contributed by atoms with Crippen LogP contribution in [0.4, 0.5) is 5.13 Å². The van der Waals surface area contributed by atoms with E-state index in [2.05, 4.69) is 29.4 Å². The maximum Gasteiger partial charge on any atom is 0.271 e. The number of anilines is 1. The summed E-state index contributed by atoms with van der Waals surface area (Å²) in [5, 5.41) is 4.49. The van der Waals surface area contributed by atoms with Crippen molar-refractivity contribution >= 4 is 38.8 Å². The smallest absolute Gasteiger partial charge is 0.271 e. The van der Waals surface area contributed by atoms with E-state index in [9.17, 15) is 4.79 Å². The Morgan fingerprint density at radius 3 is 2.81 bits per heavy atom. The molecule has 26 heavy (non-hydrogen) atoms. The molecule has 0 bridgehead atoms. The van der Waals surface area contributed by atoms with Crippen molar-refractivity contribution in [1.82, 2.24) is 10.4 Å². The summed E-state index contributed by atoms with van der Waals surface area (Å²) in [6.45, 7) is 4.88. The molecule has 0 aliphatic rings. The molecule has 0 radical (unpaired) electrons. The number of hydrazone groups is 1. The highest BCUT2D eigenvalue weighted by molar-refractivity contribution is 7.22. The Hall–Kier alpha value is -2.93. The van der Waals surface area contributed by atoms with Gasteiger partial charge in [-0.2, -0.15) is 5.10 Å². The summed E-state index contributed by atoms with van der Waals surface area (Å²) in [6.07, 6.45) is 1.59. The predicted molar refractivity (Wildman–Crippen MR) is 106 cm³/mol. The number of thiazole rings is 1. The second-order valence-electron chi connectivity index (χ2n) is 6.21. The Bertz CT molecular complexity index is 932. The Balaban J connectivity index is 1.59. The predicted octanol–water partition coefficient (Wildman–Crippen LogP) is 3.68. The lowest BCUT2D eigenvalue weighted by atomic mass is 10.2. The second kappa shape index (κ2) is 7.97. The van der Waals surface area contributed by atoms with Crippen LogP contribution < -0.4 is 15.9 Å². The van der Waals surface area contributed by atoms with Gasteiger partial charge in [0.1, 0.15) is 5.75 Å². The third kappa shape index (κ3) is 4.58. The maximum atomic E-state index is 12.2. The van der Waals surface area contributed by atoms with E-state index in [1.165, 1.54) is 11.3 Å². The average molecular weight is 368 g/mol. The number of nitrogens with one attached hydrogen (secondary N) is 1. The zero-order valence-electron chi connectivity index (χ0n) is 14.6. The zero-order valence-corrected chi connectivity index (χ0v) is 15.4. The van der Waals surface area contributed by atoms with Crippen molar-refractivity contribution in [2.75, 3.05) is 12.3 Å². The SMILES string of the molecule is CC(C)COc1ccc(/C=N\NC(=O)c2ccc3nc(N)sc3c2)cc1. The molecule has 2 aromatic carbocycles. The molecule has 0 spiro atoms. The average Bonchev–Trinajstić information content (AvgIpc) is 3.00. The first-order chi connectivity index (χ1) is 12.5. The third-order valence-electron chi connectivity index (χ3n) is 3.51. The fourth-order valence-corrected chi connectivity index (χ4v) is 3.00. The van der Waals surface area contributed by atoms with Crippen LogP contribution >= 0.6 is 11.3 Å². The maximum absolute atomic E-state index is 12.2. The zero-order chi connectivity index (χ0) is 18.5. The minimum absolute atomic E-state index is 0.285. The van der Waals surface area contributed by atoms with Crippen LogP contribution in [0.1, 0.15) is 29.8 Å². The van der Waals surface area contributed by atoms with E-state index in [0.717, 1.165) is 21.5 Å². The monoisotopic (exact) mass is 368 g/mol. The number of ether oxygens (including phenoxy) is 1. The van der Waals surface area contributed by atoms with Crippen LogP contribution in [0, 0.1) is 5.92 Å². The Labute approximate surface area is 155 Å². The lowest BCUT2D eigenvalue weighted by Gasteiger charge is -2.08. The van der Waals surface area contributed by atoms with Crippen molar-refractivity contribution in [2.24, 2.45) is 11.0 Å². The van der Waals surface area contributed by atoms with E-state index in [1.807, 2.05) is 24.3 Å². The van der Waals surface area contributed by atoms with Crippen molar-refractivity contribution in [3.05, 3.63) is 53.6 Å². The minimum Gasteiger partial charge on any atom is -0.493 e. The first-order valence-corrected chi connectivity index (χ1v) is 9.05. The number of nitrogens with two attached hydrogens (primary N) is 1. The van der Waals surface area contributed by atoms with E-state index in [0.29, 0.717) is 23.2 Å². The van der Waals surface area contributed by atoms with Crippen molar-refractivity contribution in [3.63, 3.8) is 0 Å². The van der Waals surface area contributed by atoms with Crippen LogP contribution in [0.2, 0.25) is 0 Å². The number of carbonyl (C=O) groups excluding carboxylic acids is 1. The van der Waals surface area contributed by atoms with Crippen LogP contribution in [-0.2, 0) is 0 Å². The van der Waals surface area contributed by atoms with Gasteiger partial charge >= 0.3 is 0 Å². The van der Waals surface area contributed by atoms with E-state index in [-0.39, 0.29) is 5.91 Å². The van der Waals surface area contributed by atoms with Gasteiger partial charge in [0, 0.05) is 5.56 Å². The number of fused-ring (bicyclic) bond motifs is 1. The standard InChI is InChI=1S/C19H20N4O2S/c1-12(2)11-25-15-6-3-13(4-7-15)10-21-23-18(24)14-5-8-16-17(9-14)26-19(20)22-16/h3-10,12H,11H2,1-2H3,(H2,20,22)(H,23,24)/b21-10-. The van der Waals surface area contributed by atoms with Crippen LogP contribution in [0.15, 0.2) is 47.6 Å². The lowest BCUT2D eigenvalue weighted by molar-refractivity contribution is 0.0955. The number of hydrogen-bond donors (Lipinski definition) is 2. The molecule has 134 valence electrons. The molecule has 6 nitrogen and oxygen atoms in total. The van der Waals surface area contributed by atoms with Crippen LogP contribution in [0.5, 0.6) is 5.75 Å². The molecule has 0 atom stereocenters. The molecule has 1 heterocycles. The van der Waals surface area contributed by atoms with E-state index < -0.39 is 0 Å². The molecule has 1 aromatic heterocycles. The van der Waals surface area contributed by atoms with Crippen molar-refractivity contribution in [1.29, 1.82) is 0 Å². The fraction of sp³-hybridized carbons (Fsp3) is 0.211. The normalized spacial score (nSPS) is 11.3. The lowest BCUT2D eigenvalue weighted by Crippen LogP contribution is -2.17. The molecule has 0 aliphatic heterocycles. The number of aromatic nitrogens is 1. The summed E-state index contributed by atoms with van der Waals surface area (Å²) >= 11 is 1.35. The summed E-state index contributed by atoms with van der Waals surface area (Å²) < 4.78 is 6.50.